The predicted octanol–water partition coefficient (Wildman–Crippen LogP) is 2.92. The molecule has 1 atom stereocenters. The second-order valence-electron chi connectivity index (χ2n) is 4.75. The van der Waals surface area contributed by atoms with Gasteiger partial charge >= 0.3 is 6.09 Å². The number of hydrogen-bond donors (Lipinski definition) is 1. The third-order valence-corrected chi connectivity index (χ3v) is 2.85. The number of hydrogen-bond acceptors (Lipinski definition) is 3. The van der Waals surface area contributed by atoms with E-state index in [1.54, 1.807) is 6.92 Å². The van der Waals surface area contributed by atoms with Crippen LogP contribution in [-0.4, -0.2) is 17.9 Å². The SMILES string of the molecule is CCC(=O)[C@@H](NC(=O)OCc1ccccc1)C(C)C. The quantitative estimate of drug-likeness (QED) is 0.858. The Hall–Kier alpha value is -1.84. The molecule has 0 aromatic heterocycles. The summed E-state index contributed by atoms with van der Waals surface area (Å²) in [5.41, 5.74) is 0.917. The van der Waals surface area contributed by atoms with Crippen LogP contribution in [-0.2, 0) is 16.1 Å². The van der Waals surface area contributed by atoms with Crippen LogP contribution in [0.15, 0.2) is 30.3 Å². The summed E-state index contributed by atoms with van der Waals surface area (Å²) in [6, 6.07) is 8.95. The van der Waals surface area contributed by atoms with Gasteiger partial charge in [0.2, 0.25) is 0 Å². The molecule has 0 bridgehead atoms. The molecule has 0 aliphatic heterocycles. The fraction of sp³-hybridized carbons (Fsp3) is 0.467. The fourth-order valence-corrected chi connectivity index (χ4v) is 1.73. The van der Waals surface area contributed by atoms with Crippen molar-refractivity contribution in [1.29, 1.82) is 0 Å². The number of ketones is 1. The smallest absolute Gasteiger partial charge is 0.408 e. The molecule has 0 saturated carbocycles. The molecule has 1 N–H and O–H groups in total. The van der Waals surface area contributed by atoms with Crippen molar-refractivity contribution in [3.8, 4) is 0 Å². The molecule has 0 aliphatic rings. The van der Waals surface area contributed by atoms with E-state index < -0.39 is 12.1 Å². The Balaban J connectivity index is 2.47. The first kappa shape index (κ1) is 15.2. The number of carbonyl (C=O) groups excluding carboxylic acids is 2. The molecular formula is C15H21NO3. The van der Waals surface area contributed by atoms with Gasteiger partial charge in [-0.1, -0.05) is 51.1 Å². The molecule has 0 heterocycles. The lowest BCUT2D eigenvalue weighted by Crippen LogP contribution is -2.44. The molecule has 0 saturated heterocycles. The lowest BCUT2D eigenvalue weighted by atomic mass is 9.99. The van der Waals surface area contributed by atoms with Gasteiger partial charge in [-0.05, 0) is 11.5 Å². The van der Waals surface area contributed by atoms with Crippen molar-refractivity contribution < 1.29 is 14.3 Å². The van der Waals surface area contributed by atoms with Crippen LogP contribution in [0, 0.1) is 5.92 Å². The van der Waals surface area contributed by atoms with E-state index >= 15 is 0 Å². The van der Waals surface area contributed by atoms with Gasteiger partial charge in [-0.25, -0.2) is 4.79 Å². The van der Waals surface area contributed by atoms with Gasteiger partial charge in [0.25, 0.3) is 0 Å². The van der Waals surface area contributed by atoms with Crippen molar-refractivity contribution in [2.45, 2.75) is 39.8 Å². The first-order valence-corrected chi connectivity index (χ1v) is 6.54. The van der Waals surface area contributed by atoms with E-state index in [9.17, 15) is 9.59 Å². The van der Waals surface area contributed by atoms with E-state index in [1.807, 2.05) is 44.2 Å². The lowest BCUT2D eigenvalue weighted by Gasteiger charge is -2.20. The molecule has 0 radical (unpaired) electrons. The Kier molecular flexibility index (Phi) is 6.06. The first-order chi connectivity index (χ1) is 9.04. The van der Waals surface area contributed by atoms with Crippen molar-refractivity contribution in [1.82, 2.24) is 5.32 Å². The van der Waals surface area contributed by atoms with Gasteiger partial charge in [0.1, 0.15) is 6.61 Å². The molecule has 0 fully saturated rings. The average molecular weight is 263 g/mol. The lowest BCUT2D eigenvalue weighted by molar-refractivity contribution is -0.121. The molecule has 4 nitrogen and oxygen atoms in total. The zero-order chi connectivity index (χ0) is 14.3. The molecule has 0 unspecified atom stereocenters. The Labute approximate surface area is 114 Å². The van der Waals surface area contributed by atoms with Crippen LogP contribution in [0.5, 0.6) is 0 Å². The minimum Gasteiger partial charge on any atom is -0.445 e. The third-order valence-electron chi connectivity index (χ3n) is 2.85. The van der Waals surface area contributed by atoms with E-state index in [1.165, 1.54) is 0 Å². The summed E-state index contributed by atoms with van der Waals surface area (Å²) < 4.78 is 5.10. The topological polar surface area (TPSA) is 55.4 Å². The van der Waals surface area contributed by atoms with Crippen LogP contribution in [0.2, 0.25) is 0 Å². The molecular weight excluding hydrogens is 242 g/mol. The van der Waals surface area contributed by atoms with E-state index in [-0.39, 0.29) is 18.3 Å². The van der Waals surface area contributed by atoms with Gasteiger partial charge in [-0.2, -0.15) is 0 Å². The molecule has 4 heteroatoms. The van der Waals surface area contributed by atoms with Gasteiger partial charge in [0.15, 0.2) is 5.78 Å². The molecule has 104 valence electrons. The maximum absolute atomic E-state index is 11.7. The number of benzene rings is 1. The number of Topliss-reactive ketones (excluding diaryl/α,β-unsaturated/α-hetero) is 1. The molecule has 1 amide bonds. The Bertz CT molecular complexity index is 415. The first-order valence-electron chi connectivity index (χ1n) is 6.54. The predicted molar refractivity (Wildman–Crippen MR) is 73.7 cm³/mol. The number of carbonyl (C=O) groups is 2. The van der Waals surface area contributed by atoms with Gasteiger partial charge in [0, 0.05) is 6.42 Å². The third kappa shape index (κ3) is 5.12. The zero-order valence-corrected chi connectivity index (χ0v) is 11.7. The Morgan fingerprint density at radius 2 is 1.84 bits per heavy atom. The second-order valence-corrected chi connectivity index (χ2v) is 4.75. The number of amides is 1. The molecule has 1 aromatic carbocycles. The summed E-state index contributed by atoms with van der Waals surface area (Å²) in [4.78, 5) is 23.4. The van der Waals surface area contributed by atoms with E-state index in [0.29, 0.717) is 6.42 Å². The molecule has 0 aliphatic carbocycles. The standard InChI is InChI=1S/C15H21NO3/c1-4-13(17)14(11(2)3)16-15(18)19-10-12-8-6-5-7-9-12/h5-9,11,14H,4,10H2,1-3H3,(H,16,18)/t14-/m0/s1. The molecule has 19 heavy (non-hydrogen) atoms. The average Bonchev–Trinajstić information content (AvgIpc) is 2.42. The summed E-state index contributed by atoms with van der Waals surface area (Å²) in [7, 11) is 0. The highest BCUT2D eigenvalue weighted by molar-refractivity contribution is 5.87. The van der Waals surface area contributed by atoms with Gasteiger partial charge in [0.05, 0.1) is 6.04 Å². The van der Waals surface area contributed by atoms with Crippen molar-refractivity contribution >= 4 is 11.9 Å². The fourth-order valence-electron chi connectivity index (χ4n) is 1.73. The van der Waals surface area contributed by atoms with E-state index in [2.05, 4.69) is 5.32 Å². The summed E-state index contributed by atoms with van der Waals surface area (Å²) in [5.74, 6) is 0.0726. The minimum atomic E-state index is -0.552. The largest absolute Gasteiger partial charge is 0.445 e. The van der Waals surface area contributed by atoms with E-state index in [4.69, 9.17) is 4.74 Å². The highest BCUT2D eigenvalue weighted by atomic mass is 16.5. The number of ether oxygens (including phenoxy) is 1. The highest BCUT2D eigenvalue weighted by Crippen LogP contribution is 2.06. The van der Waals surface area contributed by atoms with Gasteiger partial charge in [-0.15, -0.1) is 0 Å². The van der Waals surface area contributed by atoms with Crippen molar-refractivity contribution in [2.75, 3.05) is 0 Å². The Morgan fingerprint density at radius 3 is 2.37 bits per heavy atom. The summed E-state index contributed by atoms with van der Waals surface area (Å²) >= 11 is 0. The molecule has 1 aromatic rings. The number of rotatable bonds is 6. The van der Waals surface area contributed by atoms with Gasteiger partial charge < -0.3 is 10.1 Å². The molecule has 1 rings (SSSR count). The normalized spacial score (nSPS) is 12.0. The Morgan fingerprint density at radius 1 is 1.21 bits per heavy atom. The van der Waals surface area contributed by atoms with Crippen LogP contribution in [0.1, 0.15) is 32.8 Å². The van der Waals surface area contributed by atoms with Crippen molar-refractivity contribution in [2.24, 2.45) is 5.92 Å². The minimum absolute atomic E-state index is 0.0201. The van der Waals surface area contributed by atoms with Crippen LogP contribution in [0.4, 0.5) is 4.79 Å². The van der Waals surface area contributed by atoms with Crippen LogP contribution < -0.4 is 5.32 Å². The van der Waals surface area contributed by atoms with Crippen molar-refractivity contribution in [3.05, 3.63) is 35.9 Å². The summed E-state index contributed by atoms with van der Waals surface area (Å²) in [6.07, 6.45) is -0.147. The zero-order valence-electron chi connectivity index (χ0n) is 11.7. The van der Waals surface area contributed by atoms with Crippen molar-refractivity contribution in [3.63, 3.8) is 0 Å². The monoisotopic (exact) mass is 263 g/mol. The summed E-state index contributed by atoms with van der Waals surface area (Å²) in [5, 5.41) is 2.63. The van der Waals surface area contributed by atoms with Crippen LogP contribution in [0.25, 0.3) is 0 Å². The molecule has 0 spiro atoms. The van der Waals surface area contributed by atoms with Gasteiger partial charge in [-0.3, -0.25) is 4.79 Å². The number of nitrogens with one attached hydrogen (secondary N) is 1. The van der Waals surface area contributed by atoms with E-state index in [0.717, 1.165) is 5.56 Å². The van der Waals surface area contributed by atoms with Crippen LogP contribution in [0.3, 0.4) is 0 Å². The number of alkyl carbamates (subject to hydrolysis) is 1. The summed E-state index contributed by atoms with van der Waals surface area (Å²) in [6.45, 7) is 5.79. The maximum atomic E-state index is 11.7. The second kappa shape index (κ2) is 7.56. The maximum Gasteiger partial charge on any atom is 0.408 e. The highest BCUT2D eigenvalue weighted by Gasteiger charge is 2.22. The van der Waals surface area contributed by atoms with Crippen LogP contribution >= 0.6 is 0 Å².